The zero-order valence-corrected chi connectivity index (χ0v) is 12.2. The number of allylic oxidation sites excluding steroid dienone is 1. The van der Waals surface area contributed by atoms with Crippen LogP contribution in [0, 0.1) is 0 Å². The molecule has 1 unspecified atom stereocenters. The number of hydrogen-bond acceptors (Lipinski definition) is 1. The summed E-state index contributed by atoms with van der Waals surface area (Å²) >= 11 is 0. The first kappa shape index (κ1) is 23.8. The van der Waals surface area contributed by atoms with E-state index in [0.29, 0.717) is 0 Å². The van der Waals surface area contributed by atoms with E-state index in [1.165, 1.54) is 0 Å². The molecule has 0 aromatic heterocycles. The van der Waals surface area contributed by atoms with Crippen molar-refractivity contribution in [2.75, 3.05) is 0 Å². The molecule has 0 saturated heterocycles. The molecule has 0 aromatic rings. The molecule has 1 atom stereocenters. The first-order valence-corrected chi connectivity index (χ1v) is 6.75. The Kier molecular flexibility index (Phi) is 4.98. The highest BCUT2D eigenvalue weighted by molar-refractivity contribution is 7.92. The lowest BCUT2D eigenvalue weighted by atomic mass is 9.80. The molecule has 1 aliphatic rings. The van der Waals surface area contributed by atoms with Gasteiger partial charge in [0, 0.05) is 5.57 Å². The summed E-state index contributed by atoms with van der Waals surface area (Å²) in [6.07, 6.45) is -37.3. The van der Waals surface area contributed by atoms with Crippen molar-refractivity contribution >= 4 is 10.8 Å². The maximum absolute atomic E-state index is 13.8. The van der Waals surface area contributed by atoms with Gasteiger partial charge in [-0.05, 0) is 0 Å². The molecule has 0 fully saturated rings. The molecule has 1 nitrogen and oxygen atoms in total. The second-order valence-corrected chi connectivity index (χ2v) is 6.36. The lowest BCUT2D eigenvalue weighted by Gasteiger charge is -2.50. The summed E-state index contributed by atoms with van der Waals surface area (Å²) in [5.41, 5.74) is -12.6. The van der Waals surface area contributed by atoms with Crippen molar-refractivity contribution in [3.63, 3.8) is 0 Å². The summed E-state index contributed by atoms with van der Waals surface area (Å²) in [5.74, 6) is 0. The fraction of sp³-hybridized carbons (Fsp3) is 0.778. The van der Waals surface area contributed by atoms with E-state index in [2.05, 4.69) is 0 Å². The Labute approximate surface area is 138 Å². The van der Waals surface area contributed by atoms with Gasteiger partial charge in [-0.25, -0.2) is 4.39 Å². The topological polar surface area (TPSA) is 17.1 Å². The molecule has 18 heteroatoms. The fourth-order valence-corrected chi connectivity index (χ4v) is 3.89. The van der Waals surface area contributed by atoms with Crippen LogP contribution in [0.25, 0.3) is 0 Å². The highest BCUT2D eigenvalue weighted by Crippen LogP contribution is 2.69. The Morgan fingerprint density at radius 2 is 0.889 bits per heavy atom. The summed E-state index contributed by atoms with van der Waals surface area (Å²) in [4.78, 5) is -4.06. The Hall–Kier alpha value is -1.23. The Bertz CT molecular complexity index is 638. The average Bonchev–Trinajstić information content (AvgIpc) is 2.26. The van der Waals surface area contributed by atoms with Crippen LogP contribution in [0.3, 0.4) is 0 Å². The molecule has 0 spiro atoms. The van der Waals surface area contributed by atoms with Crippen molar-refractivity contribution in [3.8, 4) is 0 Å². The number of hydrogen-bond donors (Lipinski definition) is 0. The molecular formula is C9F16OS. The Balaban J connectivity index is 4.28. The van der Waals surface area contributed by atoms with Crippen molar-refractivity contribution in [1.29, 1.82) is 0 Å². The zero-order chi connectivity index (χ0) is 22.2. The number of alkyl halides is 16. The molecule has 1 rings (SSSR count). The van der Waals surface area contributed by atoms with Crippen LogP contribution in [-0.4, -0.2) is 45.5 Å². The van der Waals surface area contributed by atoms with Gasteiger partial charge in [0.2, 0.25) is 0 Å². The Morgan fingerprint density at radius 3 is 1.07 bits per heavy atom. The fourth-order valence-electron chi connectivity index (χ4n) is 2.20. The SMILES string of the molecule is O=S1C(C(F)(F)F)=C(C(F)(C(F)(F)F)C(F)(F)F)C1(C(F)(F)F)C(F)(F)F. The van der Waals surface area contributed by atoms with Crippen LogP contribution < -0.4 is 0 Å². The predicted molar refractivity (Wildman–Crippen MR) is 52.0 cm³/mol. The third-order valence-corrected chi connectivity index (χ3v) is 5.25. The van der Waals surface area contributed by atoms with E-state index < -0.39 is 62.6 Å². The van der Waals surface area contributed by atoms with Gasteiger partial charge in [-0.2, -0.15) is 65.9 Å². The first-order chi connectivity index (χ1) is 11.4. The molecule has 0 aromatic carbocycles. The van der Waals surface area contributed by atoms with E-state index in [-0.39, 0.29) is 0 Å². The third kappa shape index (κ3) is 2.88. The van der Waals surface area contributed by atoms with Gasteiger partial charge in [0.25, 0.3) is 4.75 Å². The van der Waals surface area contributed by atoms with E-state index in [1.54, 1.807) is 0 Å². The quantitative estimate of drug-likeness (QED) is 0.488. The van der Waals surface area contributed by atoms with Gasteiger partial charge in [0.15, 0.2) is 0 Å². The van der Waals surface area contributed by atoms with E-state index in [4.69, 9.17) is 0 Å². The minimum atomic E-state index is -7.75. The van der Waals surface area contributed by atoms with Crippen LogP contribution in [0.1, 0.15) is 0 Å². The van der Waals surface area contributed by atoms with Crippen LogP contribution in [0.15, 0.2) is 10.5 Å². The molecule has 0 saturated carbocycles. The van der Waals surface area contributed by atoms with Gasteiger partial charge in [0.1, 0.15) is 4.91 Å². The maximum atomic E-state index is 13.8. The highest BCUT2D eigenvalue weighted by atomic mass is 32.2. The van der Waals surface area contributed by atoms with E-state index >= 15 is 0 Å². The second kappa shape index (κ2) is 5.65. The summed E-state index contributed by atoms with van der Waals surface area (Å²) in [7, 11) is -5.62. The molecule has 0 N–H and O–H groups in total. The van der Waals surface area contributed by atoms with Gasteiger partial charge in [-0.1, -0.05) is 0 Å². The summed E-state index contributed by atoms with van der Waals surface area (Å²) in [5, 5.41) is 0. The molecule has 0 bridgehead atoms. The van der Waals surface area contributed by atoms with E-state index in [9.17, 15) is 74.5 Å². The number of halogens is 16. The Morgan fingerprint density at radius 1 is 0.593 bits per heavy atom. The summed E-state index contributed by atoms with van der Waals surface area (Å²) < 4.78 is 208. The third-order valence-electron chi connectivity index (χ3n) is 3.22. The molecular weight excluding hydrogens is 460 g/mol. The minimum absolute atomic E-state index is 4.06. The van der Waals surface area contributed by atoms with E-state index in [1.807, 2.05) is 0 Å². The number of rotatable bonds is 1. The molecule has 1 heterocycles. The second-order valence-electron chi connectivity index (χ2n) is 4.80. The lowest BCUT2D eigenvalue weighted by Crippen LogP contribution is -2.75. The molecule has 0 amide bonds. The van der Waals surface area contributed by atoms with Crippen molar-refractivity contribution < 1.29 is 74.5 Å². The normalized spacial score (nSPS) is 22.7. The van der Waals surface area contributed by atoms with Gasteiger partial charge in [0.05, 0.1) is 10.8 Å². The predicted octanol–water partition coefficient (Wildman–Crippen LogP) is 5.26. The van der Waals surface area contributed by atoms with Crippen LogP contribution in [0.5, 0.6) is 0 Å². The monoisotopic (exact) mass is 460 g/mol. The highest BCUT2D eigenvalue weighted by Gasteiger charge is 2.93. The van der Waals surface area contributed by atoms with Crippen molar-refractivity contribution in [1.82, 2.24) is 0 Å². The van der Waals surface area contributed by atoms with E-state index in [0.717, 1.165) is 0 Å². The maximum Gasteiger partial charge on any atom is 0.435 e. The summed E-state index contributed by atoms with van der Waals surface area (Å²) in [6, 6.07) is 0. The van der Waals surface area contributed by atoms with Crippen LogP contribution in [0.4, 0.5) is 70.2 Å². The van der Waals surface area contributed by atoms with Crippen molar-refractivity contribution in [3.05, 3.63) is 10.5 Å². The molecule has 1 aliphatic heterocycles. The largest absolute Gasteiger partial charge is 0.435 e. The average molecular weight is 460 g/mol. The van der Waals surface area contributed by atoms with Crippen LogP contribution in [-0.2, 0) is 10.8 Å². The molecule has 160 valence electrons. The summed E-state index contributed by atoms with van der Waals surface area (Å²) in [6.45, 7) is 0. The van der Waals surface area contributed by atoms with Crippen molar-refractivity contribution in [2.24, 2.45) is 0 Å². The van der Waals surface area contributed by atoms with Gasteiger partial charge >= 0.3 is 36.6 Å². The molecule has 0 radical (unpaired) electrons. The lowest BCUT2D eigenvalue weighted by molar-refractivity contribution is -0.340. The molecule has 27 heavy (non-hydrogen) atoms. The first-order valence-electron chi connectivity index (χ1n) is 5.60. The van der Waals surface area contributed by atoms with Crippen LogP contribution >= 0.6 is 0 Å². The van der Waals surface area contributed by atoms with Crippen molar-refractivity contribution in [2.45, 2.75) is 41.3 Å². The zero-order valence-electron chi connectivity index (χ0n) is 11.4. The minimum Gasteiger partial charge on any atom is -0.253 e. The smallest absolute Gasteiger partial charge is 0.253 e. The van der Waals surface area contributed by atoms with Gasteiger partial charge < -0.3 is 0 Å². The van der Waals surface area contributed by atoms with Gasteiger partial charge in [-0.15, -0.1) is 0 Å². The molecule has 0 aliphatic carbocycles. The van der Waals surface area contributed by atoms with Gasteiger partial charge in [-0.3, -0.25) is 4.21 Å². The standard InChI is InChI=1S/C9F16OS/c10-3(6(14,15)16,7(17,18)19)1-2(5(11,12)13)27(26)4(1,8(20,21)22)9(23,24)25. The van der Waals surface area contributed by atoms with Crippen LogP contribution in [0.2, 0.25) is 0 Å².